The summed E-state index contributed by atoms with van der Waals surface area (Å²) in [7, 11) is 0. The fourth-order valence-corrected chi connectivity index (χ4v) is 5.61. The summed E-state index contributed by atoms with van der Waals surface area (Å²) in [5.41, 5.74) is 2.40. The Morgan fingerprint density at radius 3 is 2.35 bits per heavy atom. The molecule has 0 aliphatic heterocycles. The average Bonchev–Trinajstić information content (AvgIpc) is 3.37. The molecule has 1 aliphatic rings. The number of carbonyl (C=O) groups excluding carboxylic acids is 2. The summed E-state index contributed by atoms with van der Waals surface area (Å²) in [5.74, 6) is 0.265. The van der Waals surface area contributed by atoms with Gasteiger partial charge in [0.1, 0.15) is 6.54 Å². The van der Waals surface area contributed by atoms with Crippen LogP contribution in [0, 0.1) is 5.92 Å². The smallest absolute Gasteiger partial charge is 0.242 e. The molecule has 0 spiro atoms. The van der Waals surface area contributed by atoms with Crippen molar-refractivity contribution < 1.29 is 9.59 Å². The molecule has 0 saturated heterocycles. The highest BCUT2D eigenvalue weighted by atomic mass is 16.2. The van der Waals surface area contributed by atoms with Gasteiger partial charge in [-0.15, -0.1) is 0 Å². The van der Waals surface area contributed by atoms with E-state index >= 15 is 0 Å². The number of unbranched alkanes of at least 4 members (excludes halogenated alkanes) is 1. The normalized spacial score (nSPS) is 15.8. The van der Waals surface area contributed by atoms with Crippen molar-refractivity contribution in [2.45, 2.75) is 117 Å². The standard InChI is InChI=1S/C32H49N3O2/c1-5-8-18-28(7-3)32(37)34(26(4)6-2)25-31(36)35(29-19-13-10-14-20-29)24-30-21-15-22-33(30)23-27-16-11-9-12-17-27/h9,11-12,15-17,21-22,26,28-29H,5-8,10,13-14,18-20,23-25H2,1-4H3. The lowest BCUT2D eigenvalue weighted by molar-refractivity contribution is -0.147. The zero-order chi connectivity index (χ0) is 26.6. The van der Waals surface area contributed by atoms with E-state index in [1.54, 1.807) is 0 Å². The second-order valence-corrected chi connectivity index (χ2v) is 10.9. The lowest BCUT2D eigenvalue weighted by atomic mass is 9.93. The van der Waals surface area contributed by atoms with Crippen LogP contribution in [0.2, 0.25) is 0 Å². The minimum absolute atomic E-state index is 0.00739. The van der Waals surface area contributed by atoms with Gasteiger partial charge in [-0.1, -0.05) is 83.2 Å². The molecule has 2 atom stereocenters. The van der Waals surface area contributed by atoms with E-state index in [1.807, 2.05) is 11.0 Å². The Hall–Kier alpha value is -2.56. The van der Waals surface area contributed by atoms with Gasteiger partial charge in [-0.3, -0.25) is 9.59 Å². The second kappa shape index (κ2) is 15.0. The quantitative estimate of drug-likeness (QED) is 0.275. The number of amides is 2. The summed E-state index contributed by atoms with van der Waals surface area (Å²) in [5, 5.41) is 0. The van der Waals surface area contributed by atoms with Crippen LogP contribution in [0.5, 0.6) is 0 Å². The molecule has 5 nitrogen and oxygen atoms in total. The average molecular weight is 508 g/mol. The summed E-state index contributed by atoms with van der Waals surface area (Å²) in [4.78, 5) is 31.7. The van der Waals surface area contributed by atoms with E-state index in [-0.39, 0.29) is 36.4 Å². The van der Waals surface area contributed by atoms with Crippen molar-refractivity contribution in [2.24, 2.45) is 5.92 Å². The topological polar surface area (TPSA) is 45.6 Å². The van der Waals surface area contributed by atoms with E-state index in [0.29, 0.717) is 6.54 Å². The Bertz CT molecular complexity index is 948. The van der Waals surface area contributed by atoms with Gasteiger partial charge in [-0.25, -0.2) is 0 Å². The van der Waals surface area contributed by atoms with Crippen LogP contribution in [-0.2, 0) is 22.7 Å². The van der Waals surface area contributed by atoms with Crippen LogP contribution in [0.25, 0.3) is 0 Å². The van der Waals surface area contributed by atoms with Gasteiger partial charge in [0.25, 0.3) is 0 Å². The number of hydrogen-bond acceptors (Lipinski definition) is 2. The summed E-state index contributed by atoms with van der Waals surface area (Å²) < 4.78 is 2.26. The first-order valence-corrected chi connectivity index (χ1v) is 14.8. The Morgan fingerprint density at radius 2 is 1.70 bits per heavy atom. The van der Waals surface area contributed by atoms with Crippen molar-refractivity contribution in [3.05, 3.63) is 59.9 Å². The summed E-state index contributed by atoms with van der Waals surface area (Å²) >= 11 is 0. The van der Waals surface area contributed by atoms with Gasteiger partial charge in [0.15, 0.2) is 0 Å². The molecule has 0 N–H and O–H groups in total. The molecule has 1 aliphatic carbocycles. The van der Waals surface area contributed by atoms with E-state index in [1.165, 1.54) is 24.8 Å². The molecule has 1 heterocycles. The largest absolute Gasteiger partial charge is 0.345 e. The SMILES string of the molecule is CCCCC(CC)C(=O)N(CC(=O)N(Cc1cccn1Cc1ccccc1)C1CCCCC1)C(C)CC. The first-order chi connectivity index (χ1) is 18.0. The minimum atomic E-state index is 0.00739. The Labute approximate surface area is 225 Å². The number of nitrogens with zero attached hydrogens (tertiary/aromatic N) is 3. The van der Waals surface area contributed by atoms with E-state index in [4.69, 9.17) is 0 Å². The molecule has 3 rings (SSSR count). The maximum absolute atomic E-state index is 14.0. The highest BCUT2D eigenvalue weighted by molar-refractivity contribution is 5.86. The van der Waals surface area contributed by atoms with E-state index in [9.17, 15) is 9.59 Å². The van der Waals surface area contributed by atoms with Crippen molar-refractivity contribution in [3.63, 3.8) is 0 Å². The molecule has 204 valence electrons. The van der Waals surface area contributed by atoms with Gasteiger partial charge in [0.05, 0.1) is 6.54 Å². The molecular weight excluding hydrogens is 458 g/mol. The summed E-state index contributed by atoms with van der Waals surface area (Å²) in [6.45, 7) is 10.0. The predicted octanol–water partition coefficient (Wildman–Crippen LogP) is 7.04. The van der Waals surface area contributed by atoms with Gasteiger partial charge < -0.3 is 14.4 Å². The number of hydrogen-bond donors (Lipinski definition) is 0. The minimum Gasteiger partial charge on any atom is -0.345 e. The van der Waals surface area contributed by atoms with Gasteiger partial charge >= 0.3 is 0 Å². The van der Waals surface area contributed by atoms with Crippen LogP contribution in [0.1, 0.15) is 103 Å². The highest BCUT2D eigenvalue weighted by Crippen LogP contribution is 2.26. The van der Waals surface area contributed by atoms with Crippen molar-refractivity contribution in [1.29, 1.82) is 0 Å². The van der Waals surface area contributed by atoms with Crippen molar-refractivity contribution in [3.8, 4) is 0 Å². The van der Waals surface area contributed by atoms with Gasteiger partial charge in [-0.2, -0.15) is 0 Å². The molecule has 37 heavy (non-hydrogen) atoms. The van der Waals surface area contributed by atoms with Crippen LogP contribution in [0.4, 0.5) is 0 Å². The Kier molecular flexibility index (Phi) is 11.8. The van der Waals surface area contributed by atoms with Crippen molar-refractivity contribution in [2.75, 3.05) is 6.54 Å². The van der Waals surface area contributed by atoms with Crippen LogP contribution in [0.3, 0.4) is 0 Å². The maximum Gasteiger partial charge on any atom is 0.242 e. The predicted molar refractivity (Wildman–Crippen MR) is 152 cm³/mol. The Balaban J connectivity index is 1.81. The molecule has 5 heteroatoms. The molecule has 1 fully saturated rings. The molecule has 1 aromatic heterocycles. The van der Waals surface area contributed by atoms with Crippen LogP contribution in [-0.4, -0.2) is 44.8 Å². The third kappa shape index (κ3) is 8.21. The molecule has 0 radical (unpaired) electrons. The Morgan fingerprint density at radius 1 is 0.973 bits per heavy atom. The molecule has 2 amide bonds. The molecule has 1 aromatic carbocycles. The first kappa shape index (κ1) is 29.0. The number of aromatic nitrogens is 1. The fourth-order valence-electron chi connectivity index (χ4n) is 5.61. The number of carbonyl (C=O) groups is 2. The third-order valence-electron chi connectivity index (χ3n) is 8.25. The number of benzene rings is 1. The van der Waals surface area contributed by atoms with E-state index < -0.39 is 0 Å². The highest BCUT2D eigenvalue weighted by Gasteiger charge is 2.32. The van der Waals surface area contributed by atoms with Crippen LogP contribution in [0.15, 0.2) is 48.7 Å². The monoisotopic (exact) mass is 507 g/mol. The fraction of sp³-hybridized carbons (Fsp3) is 0.625. The molecular formula is C32H49N3O2. The van der Waals surface area contributed by atoms with E-state index in [0.717, 1.165) is 57.2 Å². The zero-order valence-corrected chi connectivity index (χ0v) is 23.7. The maximum atomic E-state index is 14.0. The summed E-state index contributed by atoms with van der Waals surface area (Å²) in [6, 6.07) is 15.0. The van der Waals surface area contributed by atoms with Gasteiger partial charge in [0.2, 0.25) is 11.8 Å². The lowest BCUT2D eigenvalue weighted by Crippen LogP contribution is -2.51. The van der Waals surface area contributed by atoms with Crippen LogP contribution >= 0.6 is 0 Å². The van der Waals surface area contributed by atoms with Crippen molar-refractivity contribution >= 4 is 11.8 Å². The molecule has 2 unspecified atom stereocenters. The number of rotatable bonds is 14. The lowest BCUT2D eigenvalue weighted by Gasteiger charge is -2.38. The molecule has 1 saturated carbocycles. The summed E-state index contributed by atoms with van der Waals surface area (Å²) in [6.07, 6.45) is 12.5. The van der Waals surface area contributed by atoms with Gasteiger partial charge in [0, 0.05) is 36.4 Å². The second-order valence-electron chi connectivity index (χ2n) is 10.9. The molecule has 2 aromatic rings. The third-order valence-corrected chi connectivity index (χ3v) is 8.25. The van der Waals surface area contributed by atoms with Crippen molar-refractivity contribution in [1.82, 2.24) is 14.4 Å². The van der Waals surface area contributed by atoms with Gasteiger partial charge in [-0.05, 0) is 56.7 Å². The first-order valence-electron chi connectivity index (χ1n) is 14.8. The van der Waals surface area contributed by atoms with Crippen LogP contribution < -0.4 is 0 Å². The van der Waals surface area contributed by atoms with E-state index in [2.05, 4.69) is 79.8 Å². The zero-order valence-electron chi connectivity index (χ0n) is 23.7. The molecule has 0 bridgehead atoms.